The summed E-state index contributed by atoms with van der Waals surface area (Å²) in [7, 11) is 1.52. The summed E-state index contributed by atoms with van der Waals surface area (Å²) < 4.78 is 16.7. The quantitative estimate of drug-likeness (QED) is 0.743. The van der Waals surface area contributed by atoms with Gasteiger partial charge in [-0.2, -0.15) is 0 Å². The Kier molecular flexibility index (Phi) is 6.15. The molecule has 158 valence electrons. The van der Waals surface area contributed by atoms with Crippen LogP contribution in [-0.4, -0.2) is 42.9 Å². The van der Waals surface area contributed by atoms with E-state index in [9.17, 15) is 9.59 Å². The van der Waals surface area contributed by atoms with Crippen molar-refractivity contribution in [3.8, 4) is 5.75 Å². The Balaban J connectivity index is 1.64. The van der Waals surface area contributed by atoms with Gasteiger partial charge in [0, 0.05) is 19.1 Å². The highest BCUT2D eigenvalue weighted by atomic mass is 32.2. The molecule has 1 aromatic heterocycles. The van der Waals surface area contributed by atoms with Gasteiger partial charge in [0.1, 0.15) is 5.69 Å². The predicted molar refractivity (Wildman–Crippen MR) is 108 cm³/mol. The van der Waals surface area contributed by atoms with E-state index in [1.807, 2.05) is 0 Å². The monoisotopic (exact) mass is 421 g/mol. The van der Waals surface area contributed by atoms with E-state index in [1.165, 1.54) is 23.8 Å². The van der Waals surface area contributed by atoms with Crippen LogP contribution in [0.3, 0.4) is 0 Å². The molecule has 1 unspecified atom stereocenters. The molecule has 2 fully saturated rings. The number of thioether (sulfide) groups is 1. The van der Waals surface area contributed by atoms with Crippen molar-refractivity contribution in [2.24, 2.45) is 11.7 Å². The van der Waals surface area contributed by atoms with Crippen molar-refractivity contribution in [3.05, 3.63) is 11.9 Å². The molecule has 1 aromatic rings. The molecule has 0 bridgehead atoms. The summed E-state index contributed by atoms with van der Waals surface area (Å²) in [6.45, 7) is 1.36. The fourth-order valence-electron chi connectivity index (χ4n) is 4.32. The number of rotatable bonds is 4. The molecule has 9 heteroatoms. The van der Waals surface area contributed by atoms with Crippen LogP contribution in [-0.2, 0) is 14.3 Å². The molecule has 0 spiro atoms. The molecular formula is C20H27N3O5S. The van der Waals surface area contributed by atoms with Gasteiger partial charge in [-0.3, -0.25) is 9.78 Å². The van der Waals surface area contributed by atoms with Crippen LogP contribution < -0.4 is 15.4 Å². The van der Waals surface area contributed by atoms with Crippen molar-refractivity contribution in [3.63, 3.8) is 0 Å². The molecule has 8 nitrogen and oxygen atoms in total. The van der Waals surface area contributed by atoms with Crippen molar-refractivity contribution < 1.29 is 23.8 Å². The summed E-state index contributed by atoms with van der Waals surface area (Å²) in [5, 5.41) is 0. The van der Waals surface area contributed by atoms with E-state index in [2.05, 4.69) is 4.98 Å². The van der Waals surface area contributed by atoms with Gasteiger partial charge in [0.15, 0.2) is 5.75 Å². The van der Waals surface area contributed by atoms with Gasteiger partial charge in [-0.25, -0.2) is 9.69 Å². The average Bonchev–Trinajstić information content (AvgIpc) is 3.13. The minimum atomic E-state index is -0.839. The fraction of sp³-hybridized carbons (Fsp3) is 0.650. The summed E-state index contributed by atoms with van der Waals surface area (Å²) in [5.74, 6) is 0.287. The molecule has 4 rings (SSSR count). The zero-order valence-electron chi connectivity index (χ0n) is 16.6. The van der Waals surface area contributed by atoms with Crippen LogP contribution in [0.15, 0.2) is 11.1 Å². The van der Waals surface area contributed by atoms with Crippen LogP contribution in [0.2, 0.25) is 0 Å². The number of nitrogens with two attached hydrogens (primary N) is 1. The molecule has 29 heavy (non-hydrogen) atoms. The third-order valence-electron chi connectivity index (χ3n) is 5.89. The summed E-state index contributed by atoms with van der Waals surface area (Å²) in [4.78, 5) is 31.8. The van der Waals surface area contributed by atoms with Gasteiger partial charge in [-0.15, -0.1) is 0 Å². The fourth-order valence-corrected chi connectivity index (χ4v) is 5.63. The van der Waals surface area contributed by atoms with Gasteiger partial charge in [0.2, 0.25) is 5.56 Å². The molecule has 2 aliphatic heterocycles. The minimum absolute atomic E-state index is 0.113. The predicted octanol–water partition coefficient (Wildman–Crippen LogP) is 3.38. The Morgan fingerprint density at radius 3 is 2.59 bits per heavy atom. The number of nitrogens with zero attached hydrogens (tertiary/aromatic N) is 2. The topological polar surface area (TPSA) is 104 Å². The van der Waals surface area contributed by atoms with Crippen molar-refractivity contribution in [1.82, 2.24) is 4.98 Å². The molecule has 1 saturated carbocycles. The Morgan fingerprint density at radius 1 is 1.21 bits per heavy atom. The Labute approximate surface area is 174 Å². The summed E-state index contributed by atoms with van der Waals surface area (Å²) in [5.41, 5.74) is 6.29. The number of pyridine rings is 1. The largest absolute Gasteiger partial charge is 0.493 e. The molecular weight excluding hydrogens is 394 g/mol. The number of carbonyl (C=O) groups excluding carboxylic acids is 2. The Morgan fingerprint density at radius 2 is 1.93 bits per heavy atom. The molecule has 1 saturated heterocycles. The number of urea groups is 1. The maximum atomic E-state index is 12.7. The number of hydrogen-bond donors (Lipinski definition) is 1. The van der Waals surface area contributed by atoms with Gasteiger partial charge in [-0.05, 0) is 25.7 Å². The molecule has 1 aliphatic carbocycles. The number of ether oxygens (including phenoxy) is 3. The number of methoxy groups -OCH3 is 1. The van der Waals surface area contributed by atoms with Gasteiger partial charge in [0.05, 0.1) is 29.8 Å². The van der Waals surface area contributed by atoms with E-state index in [0.717, 1.165) is 55.5 Å². The summed E-state index contributed by atoms with van der Waals surface area (Å²) >= 11 is 1.31. The number of esters is 1. The molecule has 0 radical (unpaired) electrons. The lowest BCUT2D eigenvalue weighted by atomic mass is 9.89. The standard InChI is InChI=1S/C20H27N3O5S/c1-26-14-11-22-15(12-7-9-27-10-8-12)17-16(14)23(19(21)25)20(29-17)28-18(24)13-5-3-2-4-6-13/h11-13,20H,2-10H2,1H3,(H2,21,25). The zero-order valence-corrected chi connectivity index (χ0v) is 17.4. The smallest absolute Gasteiger partial charge is 0.323 e. The molecule has 2 amide bonds. The summed E-state index contributed by atoms with van der Waals surface area (Å²) in [6.07, 6.45) is 8.20. The molecule has 2 N–H and O–H groups in total. The Bertz CT molecular complexity index is 778. The van der Waals surface area contributed by atoms with Crippen molar-refractivity contribution >= 4 is 29.4 Å². The SMILES string of the molecule is COc1cnc(C2CCOCC2)c2c1N(C(N)=O)C(OC(=O)C1CCCCC1)S2. The van der Waals surface area contributed by atoms with E-state index in [1.54, 1.807) is 6.20 Å². The number of carbonyl (C=O) groups is 2. The maximum Gasteiger partial charge on any atom is 0.323 e. The van der Waals surface area contributed by atoms with E-state index in [4.69, 9.17) is 19.9 Å². The van der Waals surface area contributed by atoms with E-state index < -0.39 is 11.6 Å². The van der Waals surface area contributed by atoms with Crippen molar-refractivity contribution in [2.45, 2.75) is 61.3 Å². The minimum Gasteiger partial charge on any atom is -0.493 e. The van der Waals surface area contributed by atoms with Crippen LogP contribution >= 0.6 is 11.8 Å². The highest BCUT2D eigenvalue weighted by Gasteiger charge is 2.43. The highest BCUT2D eigenvalue weighted by Crippen LogP contribution is 2.52. The number of fused-ring (bicyclic) bond motifs is 1. The van der Waals surface area contributed by atoms with E-state index in [0.29, 0.717) is 24.7 Å². The van der Waals surface area contributed by atoms with Crippen LogP contribution in [0.1, 0.15) is 56.6 Å². The first-order valence-electron chi connectivity index (χ1n) is 10.2. The van der Waals surface area contributed by atoms with E-state index in [-0.39, 0.29) is 17.8 Å². The number of primary amides is 1. The average molecular weight is 422 g/mol. The van der Waals surface area contributed by atoms with Crippen molar-refractivity contribution in [2.75, 3.05) is 25.2 Å². The van der Waals surface area contributed by atoms with E-state index >= 15 is 0 Å². The van der Waals surface area contributed by atoms with Crippen molar-refractivity contribution in [1.29, 1.82) is 0 Å². The lowest BCUT2D eigenvalue weighted by Crippen LogP contribution is -2.43. The van der Waals surface area contributed by atoms with Crippen LogP contribution in [0.5, 0.6) is 5.75 Å². The lowest BCUT2D eigenvalue weighted by Gasteiger charge is -2.26. The highest BCUT2D eigenvalue weighted by molar-refractivity contribution is 8.00. The molecule has 0 aromatic carbocycles. The van der Waals surface area contributed by atoms with Gasteiger partial charge >= 0.3 is 12.0 Å². The first-order valence-corrected chi connectivity index (χ1v) is 11.1. The third kappa shape index (κ3) is 4.02. The second-order valence-electron chi connectivity index (χ2n) is 7.68. The summed E-state index contributed by atoms with van der Waals surface area (Å²) in [6, 6.07) is -0.680. The first-order chi connectivity index (χ1) is 14.1. The van der Waals surface area contributed by atoms with Gasteiger partial charge < -0.3 is 19.9 Å². The lowest BCUT2D eigenvalue weighted by molar-refractivity contribution is -0.150. The maximum absolute atomic E-state index is 12.7. The normalized spacial score (nSPS) is 22.9. The van der Waals surface area contributed by atoms with Gasteiger partial charge in [0.25, 0.3) is 0 Å². The number of hydrogen-bond acceptors (Lipinski definition) is 7. The van der Waals surface area contributed by atoms with Crippen LogP contribution in [0.25, 0.3) is 0 Å². The zero-order chi connectivity index (χ0) is 20.4. The van der Waals surface area contributed by atoms with Crippen LogP contribution in [0.4, 0.5) is 10.5 Å². The second-order valence-corrected chi connectivity index (χ2v) is 8.73. The molecule has 3 aliphatic rings. The molecule has 3 heterocycles. The molecule has 1 atom stereocenters. The Hall–Kier alpha value is -2.00. The number of amides is 2. The number of anilines is 1. The second kappa shape index (κ2) is 8.79. The van der Waals surface area contributed by atoms with Gasteiger partial charge in [-0.1, -0.05) is 31.0 Å². The first kappa shape index (κ1) is 20.3. The van der Waals surface area contributed by atoms with Crippen LogP contribution in [0, 0.1) is 5.92 Å². The third-order valence-corrected chi connectivity index (χ3v) is 7.04. The number of aromatic nitrogens is 1.